The van der Waals surface area contributed by atoms with Gasteiger partial charge in [-0.3, -0.25) is 4.90 Å². The quantitative estimate of drug-likeness (QED) is 0.729. The molecule has 0 aromatic heterocycles. The second-order valence-corrected chi connectivity index (χ2v) is 8.07. The number of benzene rings is 1. The maximum Gasteiger partial charge on any atom is 0.415 e. The summed E-state index contributed by atoms with van der Waals surface area (Å²) >= 11 is 0. The van der Waals surface area contributed by atoms with Crippen LogP contribution in [0.2, 0.25) is 0 Å². The molecule has 0 unspecified atom stereocenters. The molecule has 1 aromatic rings. The number of carbonyl (C=O) groups excluding carboxylic acids is 1. The van der Waals surface area contributed by atoms with Crippen LogP contribution >= 0.6 is 0 Å². The van der Waals surface area contributed by atoms with Crippen molar-refractivity contribution < 1.29 is 27.8 Å². The normalized spacial score (nSPS) is 26.6. The molecule has 10 heteroatoms. The Balaban J connectivity index is 1.67. The van der Waals surface area contributed by atoms with E-state index in [1.807, 2.05) is 0 Å². The van der Waals surface area contributed by atoms with Crippen LogP contribution in [0.3, 0.4) is 0 Å². The van der Waals surface area contributed by atoms with Crippen LogP contribution < -0.4 is 15.0 Å². The van der Waals surface area contributed by atoms with E-state index < -0.39 is 28.3 Å². The zero-order chi connectivity index (χ0) is 17.6. The van der Waals surface area contributed by atoms with Crippen molar-refractivity contribution in [3.63, 3.8) is 0 Å². The first-order chi connectivity index (χ1) is 12.0. The van der Waals surface area contributed by atoms with E-state index in [-0.39, 0.29) is 18.1 Å². The first-order valence-corrected chi connectivity index (χ1v) is 9.55. The summed E-state index contributed by atoms with van der Waals surface area (Å²) < 4.78 is 37.8. The third kappa shape index (κ3) is 2.65. The number of nitrogens with one attached hydrogen (secondary N) is 1. The van der Waals surface area contributed by atoms with E-state index in [1.54, 1.807) is 6.07 Å². The minimum absolute atomic E-state index is 0.137. The number of amides is 1. The third-order valence-electron chi connectivity index (χ3n) is 4.70. The summed E-state index contributed by atoms with van der Waals surface area (Å²) in [6, 6.07) is 4.06. The van der Waals surface area contributed by atoms with Gasteiger partial charge in [-0.15, -0.1) is 0 Å². The zero-order valence-corrected chi connectivity index (χ0v) is 14.2. The molecule has 3 aliphatic rings. The third-order valence-corrected chi connectivity index (χ3v) is 6.60. The Bertz CT molecular complexity index is 792. The molecule has 9 nitrogen and oxygen atoms in total. The molecular weight excluding hydrogens is 350 g/mol. The molecule has 0 saturated carbocycles. The molecule has 2 fully saturated rings. The van der Waals surface area contributed by atoms with Gasteiger partial charge in [0.15, 0.2) is 6.10 Å². The number of hydrogen-bond donors (Lipinski definition) is 2. The van der Waals surface area contributed by atoms with Crippen LogP contribution in [0, 0.1) is 0 Å². The number of anilines is 1. The van der Waals surface area contributed by atoms with E-state index in [0.717, 1.165) is 0 Å². The molecule has 0 radical (unpaired) electrons. The number of piperazine rings is 1. The van der Waals surface area contributed by atoms with Crippen LogP contribution in [0.5, 0.6) is 5.75 Å². The highest BCUT2D eigenvalue weighted by Gasteiger charge is 2.46. The highest BCUT2D eigenvalue weighted by molar-refractivity contribution is 7.89. The van der Waals surface area contributed by atoms with Crippen LogP contribution in [0.15, 0.2) is 23.1 Å². The summed E-state index contributed by atoms with van der Waals surface area (Å²) in [5, 5.41) is 12.4. The molecule has 3 aliphatic heterocycles. The number of aliphatic hydroxyl groups is 1. The molecule has 4 rings (SSSR count). The number of sulfonamides is 1. The Morgan fingerprint density at radius 3 is 2.76 bits per heavy atom. The van der Waals surface area contributed by atoms with Crippen LogP contribution in [0.1, 0.15) is 0 Å². The summed E-state index contributed by atoms with van der Waals surface area (Å²) in [7, 11) is -3.61. The van der Waals surface area contributed by atoms with Gasteiger partial charge in [-0.1, -0.05) is 0 Å². The van der Waals surface area contributed by atoms with Gasteiger partial charge in [0.25, 0.3) is 0 Å². The lowest BCUT2D eigenvalue weighted by atomic mass is 10.1. The Hall–Kier alpha value is -1.88. The molecule has 0 aliphatic carbocycles. The van der Waals surface area contributed by atoms with E-state index in [1.165, 1.54) is 21.3 Å². The molecule has 2 saturated heterocycles. The number of rotatable bonds is 3. The minimum Gasteiger partial charge on any atom is -0.489 e. The number of nitrogens with zero attached hydrogens (tertiary/aromatic N) is 2. The van der Waals surface area contributed by atoms with Crippen molar-refractivity contribution in [1.29, 1.82) is 0 Å². The lowest BCUT2D eigenvalue weighted by Crippen LogP contribution is -2.46. The van der Waals surface area contributed by atoms with E-state index in [0.29, 0.717) is 37.6 Å². The highest BCUT2D eigenvalue weighted by Crippen LogP contribution is 2.40. The molecule has 0 bridgehead atoms. The van der Waals surface area contributed by atoms with Crippen molar-refractivity contribution in [3.05, 3.63) is 18.2 Å². The minimum atomic E-state index is -3.61. The fourth-order valence-electron chi connectivity index (χ4n) is 3.36. The first kappa shape index (κ1) is 16.6. The Morgan fingerprint density at radius 1 is 1.28 bits per heavy atom. The van der Waals surface area contributed by atoms with E-state index in [4.69, 9.17) is 9.47 Å². The van der Waals surface area contributed by atoms with Crippen molar-refractivity contribution in [3.8, 4) is 5.75 Å². The standard InChI is InChI=1S/C15H19N3O6S/c19-8-14-12-9-23-13-7-10(1-2-11(13)18(12)15(20)24-14)25(21,22)17-5-3-16-4-6-17/h1-2,7,12,14,16,19H,3-6,8-9H2/t12-,14-/m1/s1. The molecule has 2 N–H and O–H groups in total. The number of aliphatic hydroxyl groups excluding tert-OH is 1. The fraction of sp³-hybridized carbons (Fsp3) is 0.533. The van der Waals surface area contributed by atoms with Gasteiger partial charge in [0.2, 0.25) is 10.0 Å². The lowest BCUT2D eigenvalue weighted by Gasteiger charge is -2.31. The molecule has 25 heavy (non-hydrogen) atoms. The topological polar surface area (TPSA) is 108 Å². The van der Waals surface area contributed by atoms with Crippen LogP contribution in [-0.2, 0) is 14.8 Å². The van der Waals surface area contributed by atoms with Gasteiger partial charge in [0, 0.05) is 32.2 Å². The molecule has 3 heterocycles. The largest absolute Gasteiger partial charge is 0.489 e. The lowest BCUT2D eigenvalue weighted by molar-refractivity contribution is 0.0733. The summed E-state index contributed by atoms with van der Waals surface area (Å²) in [6.07, 6.45) is -1.21. The van der Waals surface area contributed by atoms with E-state index in [9.17, 15) is 18.3 Å². The summed E-state index contributed by atoms with van der Waals surface area (Å²) in [4.78, 5) is 13.6. The molecular formula is C15H19N3O6S. The molecule has 1 aromatic carbocycles. The van der Waals surface area contributed by atoms with Gasteiger partial charge in [0.1, 0.15) is 18.4 Å². The monoisotopic (exact) mass is 369 g/mol. The van der Waals surface area contributed by atoms with Crippen molar-refractivity contribution in [2.45, 2.75) is 17.0 Å². The van der Waals surface area contributed by atoms with Gasteiger partial charge < -0.3 is 19.9 Å². The number of hydrogen-bond acceptors (Lipinski definition) is 7. The molecule has 2 atom stereocenters. The van der Waals surface area contributed by atoms with E-state index in [2.05, 4.69) is 5.32 Å². The number of carbonyl (C=O) groups is 1. The van der Waals surface area contributed by atoms with Gasteiger partial charge in [-0.25, -0.2) is 13.2 Å². The molecule has 0 spiro atoms. The average Bonchev–Trinajstić information content (AvgIpc) is 2.98. The summed E-state index contributed by atoms with van der Waals surface area (Å²) in [5.41, 5.74) is 0.455. The number of ether oxygens (including phenoxy) is 2. The summed E-state index contributed by atoms with van der Waals surface area (Å²) in [6.45, 7) is 1.91. The van der Waals surface area contributed by atoms with Crippen LogP contribution in [0.25, 0.3) is 0 Å². The van der Waals surface area contributed by atoms with Crippen molar-refractivity contribution >= 4 is 21.8 Å². The average molecular weight is 369 g/mol. The maximum atomic E-state index is 12.8. The van der Waals surface area contributed by atoms with E-state index >= 15 is 0 Å². The van der Waals surface area contributed by atoms with Gasteiger partial charge in [-0.05, 0) is 12.1 Å². The van der Waals surface area contributed by atoms with Crippen molar-refractivity contribution in [2.24, 2.45) is 0 Å². The van der Waals surface area contributed by atoms with Gasteiger partial charge in [-0.2, -0.15) is 4.31 Å². The molecule has 136 valence electrons. The summed E-state index contributed by atoms with van der Waals surface area (Å²) in [5.74, 6) is 0.322. The fourth-order valence-corrected chi connectivity index (χ4v) is 4.82. The first-order valence-electron chi connectivity index (χ1n) is 8.11. The Labute approximate surface area is 145 Å². The molecule has 1 amide bonds. The highest BCUT2D eigenvalue weighted by atomic mass is 32.2. The van der Waals surface area contributed by atoms with Crippen molar-refractivity contribution in [2.75, 3.05) is 44.3 Å². The SMILES string of the molecule is O=C1O[C@H](CO)[C@H]2COc3cc(S(=O)(=O)N4CCNCC4)ccc3N12. The van der Waals surface area contributed by atoms with Gasteiger partial charge in [0.05, 0.1) is 17.2 Å². The maximum absolute atomic E-state index is 12.8. The number of cyclic esters (lactones) is 1. The van der Waals surface area contributed by atoms with Crippen molar-refractivity contribution in [1.82, 2.24) is 9.62 Å². The predicted octanol–water partition coefficient (Wildman–Crippen LogP) is -0.641. The van der Waals surface area contributed by atoms with Crippen LogP contribution in [0.4, 0.5) is 10.5 Å². The Morgan fingerprint density at radius 2 is 2.04 bits per heavy atom. The van der Waals surface area contributed by atoms with Crippen LogP contribution in [-0.4, -0.2) is 75.5 Å². The smallest absolute Gasteiger partial charge is 0.415 e. The predicted molar refractivity (Wildman–Crippen MR) is 87.2 cm³/mol. The number of fused-ring (bicyclic) bond motifs is 3. The second-order valence-electron chi connectivity index (χ2n) is 6.14. The second kappa shape index (κ2) is 6.13. The van der Waals surface area contributed by atoms with Gasteiger partial charge >= 0.3 is 6.09 Å². The zero-order valence-electron chi connectivity index (χ0n) is 13.4. The Kier molecular flexibility index (Phi) is 4.07.